The molecule has 6 nitrogen and oxygen atoms in total. The number of nitrogens with zero attached hydrogens (tertiary/aromatic N) is 3. The highest BCUT2D eigenvalue weighted by Crippen LogP contribution is 2.24. The number of nitriles is 1. The number of hydrogen-bond donors (Lipinski definition) is 1. The van der Waals surface area contributed by atoms with Gasteiger partial charge in [0.15, 0.2) is 0 Å². The second-order valence-corrected chi connectivity index (χ2v) is 5.82. The van der Waals surface area contributed by atoms with Crippen LogP contribution in [-0.4, -0.2) is 18.2 Å². The first-order valence-electron chi connectivity index (χ1n) is 5.13. The lowest BCUT2D eigenvalue weighted by Crippen LogP contribution is -2.13. The lowest BCUT2D eigenvalue weighted by molar-refractivity contribution is 0.601. The van der Waals surface area contributed by atoms with Gasteiger partial charge >= 0.3 is 0 Å². The summed E-state index contributed by atoms with van der Waals surface area (Å²) in [5, 5.41) is 12.6. The Labute approximate surface area is 115 Å². The van der Waals surface area contributed by atoms with E-state index in [1.807, 2.05) is 6.07 Å². The highest BCUT2D eigenvalue weighted by Gasteiger charge is 2.18. The minimum atomic E-state index is -3.80. The van der Waals surface area contributed by atoms with Crippen LogP contribution in [0.5, 0.6) is 0 Å². The summed E-state index contributed by atoms with van der Waals surface area (Å²) < 4.78 is 28.1. The number of nitrogens with one attached hydrogen (secondary N) is 1. The molecule has 0 aliphatic carbocycles. The summed E-state index contributed by atoms with van der Waals surface area (Å²) in [7, 11) is -2.13. The van der Waals surface area contributed by atoms with Gasteiger partial charge < -0.3 is 0 Å². The van der Waals surface area contributed by atoms with Crippen molar-refractivity contribution in [2.45, 2.75) is 4.90 Å². The predicted octanol–water partition coefficient (Wildman–Crippen LogP) is 1.75. The molecular formula is C11H9ClN4O2S. The molecular weight excluding hydrogens is 288 g/mol. The number of aryl methyl sites for hydroxylation is 1. The van der Waals surface area contributed by atoms with Crippen LogP contribution in [0.4, 0.5) is 5.69 Å². The first kappa shape index (κ1) is 13.4. The van der Waals surface area contributed by atoms with E-state index >= 15 is 0 Å². The van der Waals surface area contributed by atoms with E-state index in [1.165, 1.54) is 35.3 Å². The van der Waals surface area contributed by atoms with E-state index in [1.54, 1.807) is 7.05 Å². The highest BCUT2D eigenvalue weighted by molar-refractivity contribution is 7.92. The maximum atomic E-state index is 12.1. The standard InChI is InChI=1S/C11H9ClN4O2S/c1-16-7-9(6-14-16)15-19(17,18)11-3-2-8(5-13)4-10(11)12/h2-4,6-7,15H,1H3. The topological polar surface area (TPSA) is 87.8 Å². The van der Waals surface area contributed by atoms with Crippen molar-refractivity contribution in [3.8, 4) is 6.07 Å². The molecule has 0 atom stereocenters. The predicted molar refractivity (Wildman–Crippen MR) is 70.2 cm³/mol. The number of hydrogen-bond acceptors (Lipinski definition) is 4. The normalized spacial score (nSPS) is 11.0. The number of aromatic nitrogens is 2. The number of rotatable bonds is 3. The monoisotopic (exact) mass is 296 g/mol. The molecule has 19 heavy (non-hydrogen) atoms. The smallest absolute Gasteiger partial charge is 0.263 e. The van der Waals surface area contributed by atoms with E-state index in [-0.39, 0.29) is 9.92 Å². The molecule has 0 fully saturated rings. The Kier molecular flexibility index (Phi) is 3.46. The molecule has 0 saturated heterocycles. The Morgan fingerprint density at radius 3 is 2.74 bits per heavy atom. The summed E-state index contributed by atoms with van der Waals surface area (Å²) in [6, 6.07) is 5.88. The SMILES string of the molecule is Cn1cc(NS(=O)(=O)c2ccc(C#N)cc2Cl)cn1. The van der Waals surface area contributed by atoms with Crippen molar-refractivity contribution >= 4 is 27.3 Å². The number of anilines is 1. The molecule has 2 rings (SSSR count). The van der Waals surface area contributed by atoms with Crippen LogP contribution < -0.4 is 4.72 Å². The van der Waals surface area contributed by atoms with Gasteiger partial charge in [-0.3, -0.25) is 9.40 Å². The van der Waals surface area contributed by atoms with Crippen molar-refractivity contribution in [3.63, 3.8) is 0 Å². The van der Waals surface area contributed by atoms with Crippen molar-refractivity contribution < 1.29 is 8.42 Å². The van der Waals surface area contributed by atoms with Crippen LogP contribution >= 0.6 is 11.6 Å². The van der Waals surface area contributed by atoms with Crippen LogP contribution in [0.1, 0.15) is 5.56 Å². The highest BCUT2D eigenvalue weighted by atomic mass is 35.5. The van der Waals surface area contributed by atoms with Gasteiger partial charge in [0.2, 0.25) is 0 Å². The van der Waals surface area contributed by atoms with Gasteiger partial charge in [-0.2, -0.15) is 10.4 Å². The molecule has 0 aliphatic rings. The molecule has 98 valence electrons. The van der Waals surface area contributed by atoms with Crippen LogP contribution in [0.2, 0.25) is 5.02 Å². The van der Waals surface area contributed by atoms with Crippen molar-refractivity contribution in [3.05, 3.63) is 41.2 Å². The third kappa shape index (κ3) is 2.86. The first-order valence-corrected chi connectivity index (χ1v) is 6.99. The van der Waals surface area contributed by atoms with E-state index in [9.17, 15) is 8.42 Å². The zero-order chi connectivity index (χ0) is 14.0. The molecule has 1 aromatic heterocycles. The molecule has 0 unspecified atom stereocenters. The second-order valence-electron chi connectivity index (χ2n) is 3.77. The van der Waals surface area contributed by atoms with Gasteiger partial charge in [0.05, 0.1) is 28.5 Å². The summed E-state index contributed by atoms with van der Waals surface area (Å²) in [6.45, 7) is 0. The van der Waals surface area contributed by atoms with Crippen LogP contribution in [0.25, 0.3) is 0 Å². The van der Waals surface area contributed by atoms with Gasteiger partial charge in [0, 0.05) is 13.2 Å². The van der Waals surface area contributed by atoms with Gasteiger partial charge in [-0.25, -0.2) is 8.42 Å². The van der Waals surface area contributed by atoms with Crippen molar-refractivity contribution in [1.29, 1.82) is 5.26 Å². The van der Waals surface area contributed by atoms with Crippen molar-refractivity contribution in [2.75, 3.05) is 4.72 Å². The quantitative estimate of drug-likeness (QED) is 0.934. The fourth-order valence-corrected chi connectivity index (χ4v) is 3.05. The van der Waals surface area contributed by atoms with Crippen LogP contribution in [0, 0.1) is 11.3 Å². The Morgan fingerprint density at radius 1 is 1.47 bits per heavy atom. The Bertz CT molecular complexity index is 761. The average molecular weight is 297 g/mol. The fourth-order valence-electron chi connectivity index (χ4n) is 1.47. The lowest BCUT2D eigenvalue weighted by atomic mass is 10.2. The lowest BCUT2D eigenvalue weighted by Gasteiger charge is -2.07. The molecule has 1 heterocycles. The summed E-state index contributed by atoms with van der Waals surface area (Å²) in [6.07, 6.45) is 2.91. The molecule has 2 aromatic rings. The van der Waals surface area contributed by atoms with Gasteiger partial charge in [-0.15, -0.1) is 0 Å². The van der Waals surface area contributed by atoms with Crippen molar-refractivity contribution in [2.24, 2.45) is 7.05 Å². The van der Waals surface area contributed by atoms with Gasteiger partial charge in [-0.05, 0) is 18.2 Å². The average Bonchev–Trinajstić information content (AvgIpc) is 2.73. The van der Waals surface area contributed by atoms with E-state index in [4.69, 9.17) is 16.9 Å². The third-order valence-electron chi connectivity index (χ3n) is 2.31. The van der Waals surface area contributed by atoms with Gasteiger partial charge in [-0.1, -0.05) is 11.6 Å². The molecule has 0 spiro atoms. The summed E-state index contributed by atoms with van der Waals surface area (Å²) in [4.78, 5) is -0.0861. The number of sulfonamides is 1. The Hall–Kier alpha value is -2.04. The minimum Gasteiger partial charge on any atom is -0.276 e. The summed E-state index contributed by atoms with van der Waals surface area (Å²) in [5.74, 6) is 0. The zero-order valence-corrected chi connectivity index (χ0v) is 11.4. The summed E-state index contributed by atoms with van der Waals surface area (Å²) >= 11 is 5.87. The van der Waals surface area contributed by atoms with Crippen molar-refractivity contribution in [1.82, 2.24) is 9.78 Å². The molecule has 1 aromatic carbocycles. The van der Waals surface area contributed by atoms with Gasteiger partial charge in [0.25, 0.3) is 10.0 Å². The fraction of sp³-hybridized carbons (Fsp3) is 0.0909. The molecule has 1 N–H and O–H groups in total. The first-order chi connectivity index (χ1) is 8.92. The van der Waals surface area contributed by atoms with E-state index in [0.29, 0.717) is 11.3 Å². The van der Waals surface area contributed by atoms with Crippen LogP contribution in [0.15, 0.2) is 35.5 Å². The largest absolute Gasteiger partial charge is 0.276 e. The van der Waals surface area contributed by atoms with Gasteiger partial charge in [0.1, 0.15) is 4.90 Å². The molecule has 0 bridgehead atoms. The molecule has 0 aliphatic heterocycles. The van der Waals surface area contributed by atoms with E-state index in [0.717, 1.165) is 0 Å². The molecule has 0 radical (unpaired) electrons. The molecule has 8 heteroatoms. The maximum absolute atomic E-state index is 12.1. The van der Waals surface area contributed by atoms with E-state index in [2.05, 4.69) is 9.82 Å². The van der Waals surface area contributed by atoms with E-state index < -0.39 is 10.0 Å². The minimum absolute atomic E-state index is 0.00422. The van der Waals surface area contributed by atoms with Crippen LogP contribution in [-0.2, 0) is 17.1 Å². The zero-order valence-electron chi connectivity index (χ0n) is 9.83. The molecule has 0 saturated carbocycles. The second kappa shape index (κ2) is 4.91. The Balaban J connectivity index is 2.37. The number of benzene rings is 1. The maximum Gasteiger partial charge on any atom is 0.263 e. The molecule has 0 amide bonds. The number of halogens is 1. The third-order valence-corrected chi connectivity index (χ3v) is 4.17. The Morgan fingerprint density at radius 2 is 2.21 bits per heavy atom. The van der Waals surface area contributed by atoms with Crippen LogP contribution in [0.3, 0.4) is 0 Å². The summed E-state index contributed by atoms with van der Waals surface area (Å²) in [5.41, 5.74) is 0.633.